The van der Waals surface area contributed by atoms with Gasteiger partial charge in [-0.25, -0.2) is 15.0 Å². The summed E-state index contributed by atoms with van der Waals surface area (Å²) in [6.07, 6.45) is 5.39. The smallest absolute Gasteiger partial charge is 0.142 e. The van der Waals surface area contributed by atoms with Crippen molar-refractivity contribution < 1.29 is 0 Å². The fourth-order valence-corrected chi connectivity index (χ4v) is 3.68. The van der Waals surface area contributed by atoms with Crippen LogP contribution >= 0.6 is 11.3 Å². The van der Waals surface area contributed by atoms with Gasteiger partial charge in [0.2, 0.25) is 0 Å². The molecule has 0 radical (unpaired) electrons. The van der Waals surface area contributed by atoms with E-state index in [0.717, 1.165) is 29.5 Å². The van der Waals surface area contributed by atoms with Gasteiger partial charge in [0.25, 0.3) is 0 Å². The molecule has 1 N–H and O–H groups in total. The van der Waals surface area contributed by atoms with E-state index in [1.54, 1.807) is 17.5 Å². The standard InChI is InChI=1S/C14H18N4S/c1-3-15-10-5-4-6-12-13(10)18-14(19-12)11-7-8-16-9(2)17-11/h7-8,10,15H,3-6H2,1-2H3. The summed E-state index contributed by atoms with van der Waals surface area (Å²) >= 11 is 1.79. The molecule has 0 aromatic carbocycles. The largest absolute Gasteiger partial charge is 0.309 e. The van der Waals surface area contributed by atoms with Gasteiger partial charge < -0.3 is 5.32 Å². The van der Waals surface area contributed by atoms with E-state index in [2.05, 4.69) is 22.2 Å². The quantitative estimate of drug-likeness (QED) is 0.935. The Morgan fingerprint density at radius 2 is 2.32 bits per heavy atom. The Hall–Kier alpha value is -1.33. The van der Waals surface area contributed by atoms with Crippen molar-refractivity contribution in [1.82, 2.24) is 20.3 Å². The SMILES string of the molecule is CCNC1CCCc2sc(-c3ccnc(C)n3)nc21. The van der Waals surface area contributed by atoms with E-state index < -0.39 is 0 Å². The van der Waals surface area contributed by atoms with Gasteiger partial charge in [0.05, 0.1) is 11.7 Å². The Morgan fingerprint density at radius 1 is 1.42 bits per heavy atom. The predicted molar refractivity (Wildman–Crippen MR) is 77.2 cm³/mol. The highest BCUT2D eigenvalue weighted by Gasteiger charge is 2.24. The van der Waals surface area contributed by atoms with Crippen LogP contribution in [0.4, 0.5) is 0 Å². The first-order chi connectivity index (χ1) is 9.28. The molecule has 0 bridgehead atoms. The number of nitrogens with zero attached hydrogens (tertiary/aromatic N) is 3. The first kappa shape index (κ1) is 12.7. The van der Waals surface area contributed by atoms with Crippen LogP contribution in [0, 0.1) is 6.92 Å². The molecule has 3 rings (SSSR count). The summed E-state index contributed by atoms with van der Waals surface area (Å²) in [7, 11) is 0. The van der Waals surface area contributed by atoms with Crippen LogP contribution in [0.5, 0.6) is 0 Å². The highest BCUT2D eigenvalue weighted by atomic mass is 32.1. The maximum atomic E-state index is 4.83. The second-order valence-electron chi connectivity index (χ2n) is 4.82. The lowest BCUT2D eigenvalue weighted by atomic mass is 9.98. The van der Waals surface area contributed by atoms with Gasteiger partial charge >= 0.3 is 0 Å². The number of hydrogen-bond donors (Lipinski definition) is 1. The topological polar surface area (TPSA) is 50.7 Å². The number of thiazole rings is 1. The van der Waals surface area contributed by atoms with E-state index in [-0.39, 0.29) is 0 Å². The molecule has 0 saturated heterocycles. The van der Waals surface area contributed by atoms with Crippen LogP contribution in [0.2, 0.25) is 0 Å². The first-order valence-corrected chi connectivity index (χ1v) is 7.62. The normalized spacial score (nSPS) is 18.3. The summed E-state index contributed by atoms with van der Waals surface area (Å²) in [5.74, 6) is 0.800. The average molecular weight is 274 g/mol. The lowest BCUT2D eigenvalue weighted by molar-refractivity contribution is 0.465. The van der Waals surface area contributed by atoms with Crippen molar-refractivity contribution in [3.63, 3.8) is 0 Å². The van der Waals surface area contributed by atoms with Crippen LogP contribution in [0.15, 0.2) is 12.3 Å². The molecule has 5 heteroatoms. The van der Waals surface area contributed by atoms with E-state index in [4.69, 9.17) is 4.98 Å². The molecular formula is C14H18N4S. The molecule has 0 aliphatic heterocycles. The van der Waals surface area contributed by atoms with Crippen LogP contribution in [0.3, 0.4) is 0 Å². The molecule has 0 saturated carbocycles. The Labute approximate surface area is 117 Å². The maximum Gasteiger partial charge on any atom is 0.142 e. The van der Waals surface area contributed by atoms with Crippen LogP contribution in [-0.2, 0) is 6.42 Å². The van der Waals surface area contributed by atoms with Gasteiger partial charge in [0, 0.05) is 11.1 Å². The molecule has 4 nitrogen and oxygen atoms in total. The molecular weight excluding hydrogens is 256 g/mol. The Balaban J connectivity index is 1.97. The fraction of sp³-hybridized carbons (Fsp3) is 0.500. The molecule has 0 amide bonds. The van der Waals surface area contributed by atoms with Crippen molar-refractivity contribution in [2.24, 2.45) is 0 Å². The van der Waals surface area contributed by atoms with Crippen LogP contribution < -0.4 is 5.32 Å². The zero-order valence-corrected chi connectivity index (χ0v) is 12.1. The molecule has 1 aliphatic carbocycles. The zero-order valence-electron chi connectivity index (χ0n) is 11.3. The van der Waals surface area contributed by atoms with Gasteiger partial charge in [0.1, 0.15) is 16.5 Å². The number of fused-ring (bicyclic) bond motifs is 1. The van der Waals surface area contributed by atoms with E-state index in [9.17, 15) is 0 Å². The highest BCUT2D eigenvalue weighted by Crippen LogP contribution is 2.36. The molecule has 1 atom stereocenters. The van der Waals surface area contributed by atoms with Gasteiger partial charge in [-0.15, -0.1) is 11.3 Å². The molecule has 100 valence electrons. The second-order valence-corrected chi connectivity index (χ2v) is 5.90. The lowest BCUT2D eigenvalue weighted by Gasteiger charge is -2.21. The van der Waals surface area contributed by atoms with Gasteiger partial charge in [-0.1, -0.05) is 6.92 Å². The van der Waals surface area contributed by atoms with Gasteiger partial charge in [-0.05, 0) is 38.8 Å². The summed E-state index contributed by atoms with van der Waals surface area (Å²) in [6, 6.07) is 2.36. The van der Waals surface area contributed by atoms with Gasteiger partial charge in [-0.2, -0.15) is 0 Å². The van der Waals surface area contributed by atoms with Crippen molar-refractivity contribution in [1.29, 1.82) is 0 Å². The third-order valence-corrected chi connectivity index (χ3v) is 4.55. The minimum Gasteiger partial charge on any atom is -0.309 e. The van der Waals surface area contributed by atoms with E-state index in [0.29, 0.717) is 6.04 Å². The average Bonchev–Trinajstić information content (AvgIpc) is 2.84. The van der Waals surface area contributed by atoms with Crippen molar-refractivity contribution in [3.05, 3.63) is 28.7 Å². The third-order valence-electron chi connectivity index (χ3n) is 3.40. The van der Waals surface area contributed by atoms with Crippen molar-refractivity contribution in [3.8, 4) is 10.7 Å². The summed E-state index contributed by atoms with van der Waals surface area (Å²) < 4.78 is 0. The number of rotatable bonds is 3. The third kappa shape index (κ3) is 2.53. The second kappa shape index (κ2) is 5.35. The lowest BCUT2D eigenvalue weighted by Crippen LogP contribution is -2.24. The number of aryl methyl sites for hydroxylation is 2. The molecule has 1 unspecified atom stereocenters. The van der Waals surface area contributed by atoms with Gasteiger partial charge in [0.15, 0.2) is 0 Å². The molecule has 19 heavy (non-hydrogen) atoms. The molecule has 0 fully saturated rings. The van der Waals surface area contributed by atoms with Crippen molar-refractivity contribution in [2.75, 3.05) is 6.54 Å². The monoisotopic (exact) mass is 274 g/mol. The van der Waals surface area contributed by atoms with Crippen LogP contribution in [0.1, 0.15) is 42.2 Å². The fourth-order valence-electron chi connectivity index (χ4n) is 2.55. The van der Waals surface area contributed by atoms with Crippen molar-refractivity contribution >= 4 is 11.3 Å². The molecule has 1 aliphatic rings. The van der Waals surface area contributed by atoms with E-state index in [1.165, 1.54) is 23.4 Å². The Morgan fingerprint density at radius 3 is 3.11 bits per heavy atom. The predicted octanol–water partition coefficient (Wildman–Crippen LogP) is 2.90. The number of aromatic nitrogens is 3. The van der Waals surface area contributed by atoms with Crippen LogP contribution in [-0.4, -0.2) is 21.5 Å². The molecule has 2 aromatic heterocycles. The zero-order chi connectivity index (χ0) is 13.2. The van der Waals surface area contributed by atoms with E-state index in [1.807, 2.05) is 13.0 Å². The van der Waals surface area contributed by atoms with Crippen molar-refractivity contribution in [2.45, 2.75) is 39.2 Å². The van der Waals surface area contributed by atoms with E-state index >= 15 is 0 Å². The first-order valence-electron chi connectivity index (χ1n) is 6.81. The Bertz CT molecular complexity index is 579. The number of nitrogens with one attached hydrogen (secondary N) is 1. The maximum absolute atomic E-state index is 4.83. The summed E-state index contributed by atoms with van der Waals surface area (Å²) in [5.41, 5.74) is 2.19. The minimum atomic E-state index is 0.418. The minimum absolute atomic E-state index is 0.418. The van der Waals surface area contributed by atoms with Crippen LogP contribution in [0.25, 0.3) is 10.7 Å². The summed E-state index contributed by atoms with van der Waals surface area (Å²) in [4.78, 5) is 14.9. The summed E-state index contributed by atoms with van der Waals surface area (Å²) in [6.45, 7) is 5.05. The Kier molecular flexibility index (Phi) is 3.57. The molecule has 0 spiro atoms. The molecule has 2 heterocycles. The number of hydrogen-bond acceptors (Lipinski definition) is 5. The highest BCUT2D eigenvalue weighted by molar-refractivity contribution is 7.15. The molecule has 2 aromatic rings. The van der Waals surface area contributed by atoms with Gasteiger partial charge in [-0.3, -0.25) is 0 Å². The summed E-state index contributed by atoms with van der Waals surface area (Å²) in [5, 5.41) is 4.56.